The minimum atomic E-state index is 0.0408. The van der Waals surface area contributed by atoms with Gasteiger partial charge in [-0.25, -0.2) is 0 Å². The molecule has 0 aliphatic heterocycles. The van der Waals surface area contributed by atoms with Gasteiger partial charge in [-0.3, -0.25) is 5.41 Å². The number of nitrogens with two attached hydrogens (primary N) is 1. The topological polar surface area (TPSA) is 59.1 Å². The third-order valence-corrected chi connectivity index (χ3v) is 3.62. The van der Waals surface area contributed by atoms with Gasteiger partial charge in [0.25, 0.3) is 0 Å². The fourth-order valence-electron chi connectivity index (χ4n) is 1.82. The molecule has 0 aliphatic rings. The van der Waals surface area contributed by atoms with Crippen LogP contribution < -0.4 is 10.5 Å². The smallest absolute Gasteiger partial charge is 0.141 e. The predicted octanol–water partition coefficient (Wildman–Crippen LogP) is 4.65. The average molecular weight is 333 g/mol. The van der Waals surface area contributed by atoms with Crippen molar-refractivity contribution in [2.75, 3.05) is 0 Å². The Bertz CT molecular complexity index is 638. The van der Waals surface area contributed by atoms with Crippen molar-refractivity contribution in [3.05, 3.63) is 58.1 Å². The first-order valence-electron chi connectivity index (χ1n) is 6.39. The second kappa shape index (κ2) is 6.09. The Labute approximate surface area is 127 Å². The van der Waals surface area contributed by atoms with E-state index in [1.54, 1.807) is 12.1 Å². The maximum atomic E-state index is 7.42. The molecule has 0 fully saturated rings. The summed E-state index contributed by atoms with van der Waals surface area (Å²) >= 11 is 3.44. The Kier molecular flexibility index (Phi) is 4.45. The van der Waals surface area contributed by atoms with Gasteiger partial charge in [0.2, 0.25) is 0 Å². The summed E-state index contributed by atoms with van der Waals surface area (Å²) in [5.74, 6) is 2.00. The van der Waals surface area contributed by atoms with Gasteiger partial charge in [-0.15, -0.1) is 0 Å². The van der Waals surface area contributed by atoms with E-state index in [1.807, 2.05) is 24.3 Å². The van der Waals surface area contributed by atoms with Gasteiger partial charge in [0.1, 0.15) is 17.3 Å². The van der Waals surface area contributed by atoms with E-state index in [0.717, 1.165) is 10.2 Å². The van der Waals surface area contributed by atoms with Crippen molar-refractivity contribution in [1.29, 1.82) is 5.41 Å². The van der Waals surface area contributed by atoms with Crippen LogP contribution in [-0.4, -0.2) is 5.84 Å². The zero-order chi connectivity index (χ0) is 14.7. The summed E-state index contributed by atoms with van der Waals surface area (Å²) in [5, 5.41) is 7.42. The molecule has 0 aliphatic carbocycles. The molecule has 0 spiro atoms. The first-order chi connectivity index (χ1) is 9.47. The molecule has 0 saturated heterocycles. The van der Waals surface area contributed by atoms with Crippen molar-refractivity contribution >= 4 is 21.8 Å². The highest BCUT2D eigenvalue weighted by Crippen LogP contribution is 2.31. The van der Waals surface area contributed by atoms with Crippen LogP contribution in [0.15, 0.2) is 46.9 Å². The van der Waals surface area contributed by atoms with E-state index in [9.17, 15) is 0 Å². The molecule has 0 saturated carbocycles. The van der Waals surface area contributed by atoms with Crippen molar-refractivity contribution in [3.8, 4) is 11.5 Å². The first kappa shape index (κ1) is 14.6. The van der Waals surface area contributed by atoms with E-state index in [-0.39, 0.29) is 5.84 Å². The standard InChI is InChI=1S/C16H17BrN2O/c1-10(2)11-4-3-5-13(8-11)20-15-7-6-12(16(18)19)9-14(15)17/h3-10H,1-2H3,(H3,18,19). The van der Waals surface area contributed by atoms with Crippen molar-refractivity contribution in [1.82, 2.24) is 0 Å². The summed E-state index contributed by atoms with van der Waals surface area (Å²) in [6.07, 6.45) is 0. The van der Waals surface area contributed by atoms with Crippen LogP contribution >= 0.6 is 15.9 Å². The maximum Gasteiger partial charge on any atom is 0.141 e. The van der Waals surface area contributed by atoms with Crippen molar-refractivity contribution < 1.29 is 4.74 Å². The lowest BCUT2D eigenvalue weighted by Crippen LogP contribution is -2.10. The molecular weight excluding hydrogens is 316 g/mol. The molecule has 4 heteroatoms. The van der Waals surface area contributed by atoms with Crippen LogP contribution in [0.1, 0.15) is 30.9 Å². The van der Waals surface area contributed by atoms with E-state index < -0.39 is 0 Å². The van der Waals surface area contributed by atoms with Crippen LogP contribution in [0, 0.1) is 5.41 Å². The van der Waals surface area contributed by atoms with Gasteiger partial charge in [-0.1, -0.05) is 26.0 Å². The monoisotopic (exact) mass is 332 g/mol. The van der Waals surface area contributed by atoms with E-state index in [1.165, 1.54) is 5.56 Å². The van der Waals surface area contributed by atoms with Gasteiger partial charge in [0.05, 0.1) is 4.47 Å². The maximum absolute atomic E-state index is 7.42. The van der Waals surface area contributed by atoms with Crippen LogP contribution in [-0.2, 0) is 0 Å². The second-order valence-electron chi connectivity index (χ2n) is 4.89. The predicted molar refractivity (Wildman–Crippen MR) is 85.8 cm³/mol. The molecule has 0 amide bonds. The van der Waals surface area contributed by atoms with Crippen LogP contribution in [0.3, 0.4) is 0 Å². The zero-order valence-electron chi connectivity index (χ0n) is 11.5. The first-order valence-corrected chi connectivity index (χ1v) is 7.18. The highest BCUT2D eigenvalue weighted by atomic mass is 79.9. The van der Waals surface area contributed by atoms with Gasteiger partial charge in [-0.05, 0) is 57.7 Å². The molecule has 3 N–H and O–H groups in total. The number of rotatable bonds is 4. The summed E-state index contributed by atoms with van der Waals surface area (Å²) in [7, 11) is 0. The van der Waals surface area contributed by atoms with Crippen molar-refractivity contribution in [2.45, 2.75) is 19.8 Å². The van der Waals surface area contributed by atoms with Crippen molar-refractivity contribution in [2.24, 2.45) is 5.73 Å². The Morgan fingerprint density at radius 1 is 1.20 bits per heavy atom. The molecule has 20 heavy (non-hydrogen) atoms. The average Bonchev–Trinajstić information content (AvgIpc) is 2.41. The van der Waals surface area contributed by atoms with Crippen molar-refractivity contribution in [3.63, 3.8) is 0 Å². The number of benzene rings is 2. The Balaban J connectivity index is 2.26. The lowest BCUT2D eigenvalue weighted by Gasteiger charge is -2.11. The molecule has 2 rings (SSSR count). The highest BCUT2D eigenvalue weighted by molar-refractivity contribution is 9.10. The number of amidine groups is 1. The van der Waals surface area contributed by atoms with E-state index in [0.29, 0.717) is 17.2 Å². The number of halogens is 1. The van der Waals surface area contributed by atoms with E-state index >= 15 is 0 Å². The molecule has 0 aromatic heterocycles. The van der Waals surface area contributed by atoms with Crippen LogP contribution in [0.4, 0.5) is 0 Å². The highest BCUT2D eigenvalue weighted by Gasteiger charge is 2.07. The van der Waals surface area contributed by atoms with Gasteiger partial charge in [0.15, 0.2) is 0 Å². The molecule has 0 atom stereocenters. The molecule has 2 aromatic carbocycles. The molecule has 0 bridgehead atoms. The number of nitrogens with one attached hydrogen (secondary N) is 1. The van der Waals surface area contributed by atoms with Crippen LogP contribution in [0.5, 0.6) is 11.5 Å². The third kappa shape index (κ3) is 3.39. The molecule has 2 aromatic rings. The quantitative estimate of drug-likeness (QED) is 0.632. The minimum absolute atomic E-state index is 0.0408. The Morgan fingerprint density at radius 2 is 1.95 bits per heavy atom. The molecular formula is C16H17BrN2O. The fourth-order valence-corrected chi connectivity index (χ4v) is 2.27. The number of ether oxygens (including phenoxy) is 1. The lowest BCUT2D eigenvalue weighted by molar-refractivity contribution is 0.478. The molecule has 0 unspecified atom stereocenters. The molecule has 104 valence electrons. The SMILES string of the molecule is CC(C)c1cccc(Oc2ccc(C(=N)N)cc2Br)c1. The van der Waals surface area contributed by atoms with Crippen LogP contribution in [0.25, 0.3) is 0 Å². The second-order valence-corrected chi connectivity index (χ2v) is 5.74. The summed E-state index contributed by atoms with van der Waals surface area (Å²) in [5.41, 5.74) is 7.36. The zero-order valence-corrected chi connectivity index (χ0v) is 13.1. The largest absolute Gasteiger partial charge is 0.456 e. The summed E-state index contributed by atoms with van der Waals surface area (Å²) in [6, 6.07) is 13.4. The summed E-state index contributed by atoms with van der Waals surface area (Å²) in [4.78, 5) is 0. The minimum Gasteiger partial charge on any atom is -0.456 e. The Hall–Kier alpha value is -1.81. The Morgan fingerprint density at radius 3 is 2.55 bits per heavy atom. The lowest BCUT2D eigenvalue weighted by atomic mass is 10.0. The third-order valence-electron chi connectivity index (χ3n) is 3.00. The van der Waals surface area contributed by atoms with Crippen LogP contribution in [0.2, 0.25) is 0 Å². The number of hydrogen-bond donors (Lipinski definition) is 2. The fraction of sp³-hybridized carbons (Fsp3) is 0.188. The van der Waals surface area contributed by atoms with Gasteiger partial charge in [-0.2, -0.15) is 0 Å². The normalized spacial score (nSPS) is 10.6. The molecule has 3 nitrogen and oxygen atoms in total. The van der Waals surface area contributed by atoms with E-state index in [2.05, 4.69) is 35.8 Å². The van der Waals surface area contributed by atoms with E-state index in [4.69, 9.17) is 15.9 Å². The van der Waals surface area contributed by atoms with Gasteiger partial charge in [0, 0.05) is 5.56 Å². The number of hydrogen-bond acceptors (Lipinski definition) is 2. The van der Waals surface area contributed by atoms with Gasteiger partial charge < -0.3 is 10.5 Å². The molecule has 0 heterocycles. The molecule has 0 radical (unpaired) electrons. The summed E-state index contributed by atoms with van der Waals surface area (Å²) in [6.45, 7) is 4.30. The summed E-state index contributed by atoms with van der Waals surface area (Å²) < 4.78 is 6.65. The number of nitrogen functional groups attached to an aromatic ring is 1. The van der Waals surface area contributed by atoms with Gasteiger partial charge >= 0.3 is 0 Å².